The lowest BCUT2D eigenvalue weighted by atomic mass is 9.49. The second-order valence-electron chi connectivity index (χ2n) is 9.36. The normalized spacial score (nSPS) is 38.1. The fourth-order valence-electron chi connectivity index (χ4n) is 5.93. The van der Waals surface area contributed by atoms with Gasteiger partial charge in [-0.05, 0) is 39.6 Å². The number of carbonyl (C=O) groups is 5. The van der Waals surface area contributed by atoms with Gasteiger partial charge in [0.1, 0.15) is 11.6 Å². The minimum atomic E-state index is -2.96. The predicted molar refractivity (Wildman–Crippen MR) is 105 cm³/mol. The molecule has 0 aliphatic heterocycles. The molecule has 0 aromatic heterocycles. The molecule has 0 heterocycles. The van der Waals surface area contributed by atoms with Crippen molar-refractivity contribution in [3.63, 3.8) is 0 Å². The highest BCUT2D eigenvalue weighted by Crippen LogP contribution is 2.55. The molecule has 0 spiro atoms. The fraction of sp³-hybridized carbons (Fsp3) is 0.500. The van der Waals surface area contributed by atoms with Gasteiger partial charge in [0.25, 0.3) is 0 Å². The Balaban J connectivity index is 1.97. The van der Waals surface area contributed by atoms with E-state index in [1.807, 2.05) is 0 Å². The van der Waals surface area contributed by atoms with Crippen LogP contribution in [0, 0.1) is 35.3 Å². The highest BCUT2D eigenvalue weighted by molar-refractivity contribution is 6.32. The molecule has 176 valence electrons. The molecule has 7 unspecified atom stereocenters. The first-order valence-electron chi connectivity index (χ1n) is 10.2. The number of fused-ring (bicyclic) bond motifs is 3. The first kappa shape index (κ1) is 23.3. The summed E-state index contributed by atoms with van der Waals surface area (Å²) in [4.78, 5) is 66.1. The number of nitrogens with two attached hydrogens (primary N) is 1. The maximum absolute atomic E-state index is 14.7. The zero-order valence-corrected chi connectivity index (χ0v) is 18.0. The molecule has 2 fully saturated rings. The lowest BCUT2D eigenvalue weighted by Crippen LogP contribution is -2.75. The van der Waals surface area contributed by atoms with Gasteiger partial charge in [-0.1, -0.05) is 0 Å². The number of primary amides is 1. The van der Waals surface area contributed by atoms with Crippen molar-refractivity contribution in [2.24, 2.45) is 29.4 Å². The van der Waals surface area contributed by atoms with Gasteiger partial charge >= 0.3 is 0 Å². The number of amides is 1. The Bertz CT molecular complexity index is 1150. The molecule has 7 atom stereocenters. The minimum absolute atomic E-state index is 0.438. The average Bonchev–Trinajstić information content (AvgIpc) is 2.69. The van der Waals surface area contributed by atoms with Crippen LogP contribution in [0.1, 0.15) is 29.3 Å². The van der Waals surface area contributed by atoms with Gasteiger partial charge in [-0.3, -0.25) is 28.9 Å². The van der Waals surface area contributed by atoms with Crippen LogP contribution in [0.5, 0.6) is 0 Å². The monoisotopic (exact) mass is 464 g/mol. The van der Waals surface area contributed by atoms with E-state index in [-0.39, 0.29) is 0 Å². The van der Waals surface area contributed by atoms with Gasteiger partial charge in [0.2, 0.25) is 5.91 Å². The highest BCUT2D eigenvalue weighted by Gasteiger charge is 2.71. The third kappa shape index (κ3) is 2.76. The van der Waals surface area contributed by atoms with E-state index in [0.29, 0.717) is 6.07 Å². The van der Waals surface area contributed by atoms with Gasteiger partial charge < -0.3 is 15.9 Å². The van der Waals surface area contributed by atoms with E-state index in [9.17, 15) is 43.0 Å². The van der Waals surface area contributed by atoms with Gasteiger partial charge in [0.05, 0.1) is 23.1 Å². The van der Waals surface area contributed by atoms with Gasteiger partial charge in [0, 0.05) is 17.4 Å². The summed E-state index contributed by atoms with van der Waals surface area (Å²) >= 11 is 0. The lowest BCUT2D eigenvalue weighted by molar-refractivity contribution is -0.188. The lowest BCUT2D eigenvalue weighted by Gasteiger charge is -2.55. The van der Waals surface area contributed by atoms with Crippen molar-refractivity contribution in [1.82, 2.24) is 4.90 Å². The molecule has 3 aliphatic rings. The Morgan fingerprint density at radius 3 is 2.18 bits per heavy atom. The summed E-state index contributed by atoms with van der Waals surface area (Å²) in [6, 6.07) is 0.0632. The summed E-state index contributed by atoms with van der Waals surface area (Å²) in [5.74, 6) is -15.4. The SMILES string of the molecule is CN(C)C1C(=O)C(C(N)=O)C(=O)C2(O)C(=O)C3C(=O)c4c(F)ccc(F)c4C(C)(O)C3CC12. The highest BCUT2D eigenvalue weighted by atomic mass is 19.1. The van der Waals surface area contributed by atoms with Crippen LogP contribution >= 0.6 is 0 Å². The first-order chi connectivity index (χ1) is 15.2. The van der Waals surface area contributed by atoms with Crippen molar-refractivity contribution < 1.29 is 43.0 Å². The number of benzene rings is 1. The summed E-state index contributed by atoms with van der Waals surface area (Å²) in [7, 11) is 2.84. The number of hydrogen-bond acceptors (Lipinski definition) is 8. The summed E-state index contributed by atoms with van der Waals surface area (Å²) in [6.45, 7) is 1.11. The van der Waals surface area contributed by atoms with Crippen LogP contribution in [0.3, 0.4) is 0 Å². The summed E-state index contributed by atoms with van der Waals surface area (Å²) in [5.41, 5.74) is -1.46. The molecule has 9 nitrogen and oxygen atoms in total. The second kappa shape index (κ2) is 7.05. The Labute approximate surface area is 186 Å². The molecule has 0 bridgehead atoms. The number of likely N-dealkylation sites (N-methyl/N-ethyl adjacent to an activating group) is 1. The molecule has 0 saturated heterocycles. The van der Waals surface area contributed by atoms with E-state index in [0.717, 1.165) is 13.0 Å². The maximum atomic E-state index is 14.7. The molecule has 0 radical (unpaired) electrons. The molecule has 1 aromatic rings. The van der Waals surface area contributed by atoms with Gasteiger partial charge in [0.15, 0.2) is 34.7 Å². The number of rotatable bonds is 2. The largest absolute Gasteiger partial charge is 0.385 e. The standard InChI is InChI=1S/C22H22F2N2O7/c1-21(32)7-6-8-15(26(2)3)17(28)13(20(25)31)19(30)22(8,33)18(29)11(7)16(27)12-9(23)4-5-10(24)14(12)21/h4-5,7-8,11,13,15,32-33H,6H2,1-3H3,(H2,25,31). The number of nitrogens with zero attached hydrogens (tertiary/aromatic N) is 1. The van der Waals surface area contributed by atoms with Gasteiger partial charge in [-0.2, -0.15) is 0 Å². The topological polar surface area (TPSA) is 155 Å². The van der Waals surface area contributed by atoms with Crippen LogP contribution in [0.2, 0.25) is 0 Å². The van der Waals surface area contributed by atoms with Gasteiger partial charge in [-0.15, -0.1) is 0 Å². The number of hydrogen-bond donors (Lipinski definition) is 3. The summed E-state index contributed by atoms with van der Waals surface area (Å²) < 4.78 is 29.2. The van der Waals surface area contributed by atoms with Crippen LogP contribution in [0.4, 0.5) is 8.78 Å². The minimum Gasteiger partial charge on any atom is -0.385 e. The molecular weight excluding hydrogens is 442 g/mol. The van der Waals surface area contributed by atoms with E-state index in [1.54, 1.807) is 0 Å². The van der Waals surface area contributed by atoms with Crippen LogP contribution in [0.25, 0.3) is 0 Å². The molecule has 33 heavy (non-hydrogen) atoms. The fourth-order valence-corrected chi connectivity index (χ4v) is 5.93. The molecule has 4 N–H and O–H groups in total. The predicted octanol–water partition coefficient (Wildman–Crippen LogP) is -0.895. The van der Waals surface area contributed by atoms with E-state index >= 15 is 0 Å². The third-order valence-corrected chi connectivity index (χ3v) is 7.40. The average molecular weight is 464 g/mol. The van der Waals surface area contributed by atoms with Crippen molar-refractivity contribution in [3.05, 3.63) is 34.9 Å². The molecule has 1 aromatic carbocycles. The Morgan fingerprint density at radius 1 is 1.06 bits per heavy atom. The molecule has 1 amide bonds. The van der Waals surface area contributed by atoms with Crippen LogP contribution < -0.4 is 5.73 Å². The van der Waals surface area contributed by atoms with E-state index < -0.39 is 99.1 Å². The van der Waals surface area contributed by atoms with Crippen LogP contribution in [-0.2, 0) is 24.8 Å². The molecule has 3 aliphatic carbocycles. The Kier molecular flexibility index (Phi) is 4.97. The van der Waals surface area contributed by atoms with Crippen molar-refractivity contribution in [1.29, 1.82) is 0 Å². The number of carbonyl (C=O) groups excluding carboxylic acids is 5. The zero-order chi connectivity index (χ0) is 24.8. The van der Waals surface area contributed by atoms with Crippen molar-refractivity contribution in [2.75, 3.05) is 14.1 Å². The molecule has 4 rings (SSSR count). The number of halogens is 2. The molecular formula is C22H22F2N2O7. The number of Topliss-reactive ketones (excluding diaryl/α,β-unsaturated/α-hetero) is 4. The van der Waals surface area contributed by atoms with E-state index in [1.165, 1.54) is 19.0 Å². The maximum Gasteiger partial charge on any atom is 0.235 e. The van der Waals surface area contributed by atoms with Crippen molar-refractivity contribution >= 4 is 29.0 Å². The molecule has 2 saturated carbocycles. The first-order valence-corrected chi connectivity index (χ1v) is 10.2. The molecule has 11 heteroatoms. The van der Waals surface area contributed by atoms with Crippen LogP contribution in [-0.4, -0.2) is 69.9 Å². The number of ketones is 4. The Hall–Kier alpha value is -2.89. The van der Waals surface area contributed by atoms with Crippen LogP contribution in [0.15, 0.2) is 12.1 Å². The van der Waals surface area contributed by atoms with Crippen molar-refractivity contribution in [3.8, 4) is 0 Å². The quantitative estimate of drug-likeness (QED) is 0.476. The second-order valence-corrected chi connectivity index (χ2v) is 9.36. The summed E-state index contributed by atoms with van der Waals surface area (Å²) in [5, 5.41) is 22.7. The smallest absolute Gasteiger partial charge is 0.235 e. The van der Waals surface area contributed by atoms with Gasteiger partial charge in [-0.25, -0.2) is 8.78 Å². The van der Waals surface area contributed by atoms with Crippen molar-refractivity contribution in [2.45, 2.75) is 30.6 Å². The summed E-state index contributed by atoms with van der Waals surface area (Å²) in [6.07, 6.45) is -0.438. The van der Waals surface area contributed by atoms with E-state index in [2.05, 4.69) is 0 Å². The van der Waals surface area contributed by atoms with E-state index in [4.69, 9.17) is 5.73 Å². The number of aliphatic hydroxyl groups is 2. The third-order valence-electron chi connectivity index (χ3n) is 7.40. The Morgan fingerprint density at radius 2 is 1.64 bits per heavy atom. The zero-order valence-electron chi connectivity index (χ0n) is 18.0.